The second-order valence-corrected chi connectivity index (χ2v) is 9.10. The van der Waals surface area contributed by atoms with Crippen LogP contribution >= 0.6 is 23.4 Å². The number of amides is 1. The number of hydrogen-bond donors (Lipinski definition) is 1. The summed E-state index contributed by atoms with van der Waals surface area (Å²) in [6.07, 6.45) is -0.394. The molecule has 0 saturated heterocycles. The van der Waals surface area contributed by atoms with Crippen LogP contribution in [0.2, 0.25) is 5.02 Å². The van der Waals surface area contributed by atoms with E-state index in [4.69, 9.17) is 21.1 Å². The third-order valence-electron chi connectivity index (χ3n) is 5.20. The van der Waals surface area contributed by atoms with Gasteiger partial charge in [-0.15, -0.1) is 10.2 Å². The molecule has 9 heteroatoms. The molecule has 0 aliphatic carbocycles. The van der Waals surface area contributed by atoms with E-state index in [1.165, 1.54) is 11.8 Å². The molecular formula is C26H25ClN4O3S. The van der Waals surface area contributed by atoms with Crippen LogP contribution in [0.5, 0.6) is 11.5 Å². The Morgan fingerprint density at radius 1 is 1.06 bits per heavy atom. The number of halogens is 1. The Labute approximate surface area is 213 Å². The molecule has 4 aromatic rings. The lowest BCUT2D eigenvalue weighted by molar-refractivity contribution is -0.113. The highest BCUT2D eigenvalue weighted by molar-refractivity contribution is 7.99. The standard InChI is InChI=1S/C26H25ClN4O3S/c1-17-9-10-19(15-23(17)27)28-24(32)16-35-26-30-29-25(31(26)20-7-5-4-6-8-20)18(2)34-22-13-11-21(33-3)12-14-22/h4-15,18H,16H2,1-3H3,(H,28,32). The predicted molar refractivity (Wildman–Crippen MR) is 139 cm³/mol. The van der Waals surface area contributed by atoms with Crippen LogP contribution in [-0.4, -0.2) is 33.5 Å². The SMILES string of the molecule is COc1ccc(OC(C)c2nnc(SCC(=O)Nc3ccc(C)c(Cl)c3)n2-c2ccccc2)cc1. The fourth-order valence-electron chi connectivity index (χ4n) is 3.37. The molecule has 1 aromatic heterocycles. The van der Waals surface area contributed by atoms with E-state index in [2.05, 4.69) is 15.5 Å². The Bertz CT molecular complexity index is 1300. The molecule has 1 atom stereocenters. The highest BCUT2D eigenvalue weighted by Gasteiger charge is 2.21. The number of anilines is 1. The van der Waals surface area contributed by atoms with Crippen molar-refractivity contribution in [3.63, 3.8) is 0 Å². The number of benzene rings is 3. The second-order valence-electron chi connectivity index (χ2n) is 7.75. The normalized spacial score (nSPS) is 11.7. The number of carbonyl (C=O) groups excluding carboxylic acids is 1. The van der Waals surface area contributed by atoms with Crippen LogP contribution < -0.4 is 14.8 Å². The third kappa shape index (κ3) is 6.15. The Hall–Kier alpha value is -3.49. The van der Waals surface area contributed by atoms with E-state index in [0.29, 0.717) is 27.4 Å². The Morgan fingerprint density at radius 3 is 2.46 bits per heavy atom. The third-order valence-corrected chi connectivity index (χ3v) is 6.53. The minimum absolute atomic E-state index is 0.157. The molecular weight excluding hydrogens is 484 g/mol. The Balaban J connectivity index is 1.52. The van der Waals surface area contributed by atoms with Gasteiger partial charge in [-0.25, -0.2) is 0 Å². The first-order valence-corrected chi connectivity index (χ1v) is 12.3. The number of para-hydroxylation sites is 1. The van der Waals surface area contributed by atoms with Gasteiger partial charge in [0.15, 0.2) is 17.1 Å². The summed E-state index contributed by atoms with van der Waals surface area (Å²) in [6, 6.07) is 22.5. The van der Waals surface area contributed by atoms with Gasteiger partial charge in [0, 0.05) is 16.4 Å². The number of methoxy groups -OCH3 is 1. The Morgan fingerprint density at radius 2 is 1.77 bits per heavy atom. The molecule has 1 amide bonds. The number of nitrogens with zero attached hydrogens (tertiary/aromatic N) is 3. The highest BCUT2D eigenvalue weighted by atomic mass is 35.5. The van der Waals surface area contributed by atoms with Crippen LogP contribution in [0.3, 0.4) is 0 Å². The molecule has 180 valence electrons. The molecule has 0 aliphatic rings. The monoisotopic (exact) mass is 508 g/mol. The zero-order valence-electron chi connectivity index (χ0n) is 19.6. The summed E-state index contributed by atoms with van der Waals surface area (Å²) in [4.78, 5) is 12.6. The molecule has 0 radical (unpaired) electrons. The van der Waals surface area contributed by atoms with Crippen molar-refractivity contribution in [1.29, 1.82) is 0 Å². The van der Waals surface area contributed by atoms with E-state index in [9.17, 15) is 4.79 Å². The molecule has 0 spiro atoms. The van der Waals surface area contributed by atoms with Gasteiger partial charge in [-0.3, -0.25) is 9.36 Å². The van der Waals surface area contributed by atoms with Crippen molar-refractivity contribution in [2.75, 3.05) is 18.2 Å². The molecule has 1 unspecified atom stereocenters. The average Bonchev–Trinajstić information content (AvgIpc) is 3.30. The fourth-order valence-corrected chi connectivity index (χ4v) is 4.31. The molecule has 1 N–H and O–H groups in total. The van der Waals surface area contributed by atoms with Gasteiger partial charge in [0.25, 0.3) is 0 Å². The van der Waals surface area contributed by atoms with E-state index >= 15 is 0 Å². The first kappa shape index (κ1) is 24.6. The quantitative estimate of drug-likeness (QED) is 0.275. The van der Waals surface area contributed by atoms with Crippen LogP contribution in [0.4, 0.5) is 5.69 Å². The summed E-state index contributed by atoms with van der Waals surface area (Å²) in [7, 11) is 1.62. The van der Waals surface area contributed by atoms with Crippen LogP contribution in [0, 0.1) is 6.92 Å². The van der Waals surface area contributed by atoms with Gasteiger partial charge in [-0.05, 0) is 67.9 Å². The second kappa shape index (κ2) is 11.3. The molecule has 7 nitrogen and oxygen atoms in total. The summed E-state index contributed by atoms with van der Waals surface area (Å²) in [5, 5.41) is 12.8. The first-order valence-electron chi connectivity index (χ1n) is 10.9. The van der Waals surface area contributed by atoms with Crippen LogP contribution in [-0.2, 0) is 4.79 Å². The van der Waals surface area contributed by atoms with Gasteiger partial charge >= 0.3 is 0 Å². The zero-order valence-corrected chi connectivity index (χ0v) is 21.1. The highest BCUT2D eigenvalue weighted by Crippen LogP contribution is 2.29. The van der Waals surface area contributed by atoms with E-state index in [-0.39, 0.29) is 11.7 Å². The lowest BCUT2D eigenvalue weighted by Crippen LogP contribution is -2.15. The van der Waals surface area contributed by atoms with Gasteiger partial charge in [0.1, 0.15) is 11.5 Å². The zero-order chi connectivity index (χ0) is 24.8. The predicted octanol–water partition coefficient (Wildman–Crippen LogP) is 6.11. The van der Waals surface area contributed by atoms with Gasteiger partial charge in [0.05, 0.1) is 12.9 Å². The number of rotatable bonds is 9. The summed E-state index contributed by atoms with van der Waals surface area (Å²) in [5.41, 5.74) is 2.48. The van der Waals surface area contributed by atoms with Crippen molar-refractivity contribution in [2.45, 2.75) is 25.1 Å². The number of ether oxygens (including phenoxy) is 2. The number of carbonyl (C=O) groups is 1. The topological polar surface area (TPSA) is 78.3 Å². The lowest BCUT2D eigenvalue weighted by atomic mass is 10.2. The Kier molecular flexibility index (Phi) is 7.94. The number of thioether (sulfide) groups is 1. The number of aryl methyl sites for hydroxylation is 1. The van der Waals surface area contributed by atoms with E-state index < -0.39 is 6.10 Å². The minimum Gasteiger partial charge on any atom is -0.497 e. The van der Waals surface area contributed by atoms with Crippen molar-refractivity contribution in [3.8, 4) is 17.2 Å². The number of hydrogen-bond acceptors (Lipinski definition) is 6. The minimum atomic E-state index is -0.394. The van der Waals surface area contributed by atoms with Crippen molar-refractivity contribution in [1.82, 2.24) is 14.8 Å². The number of nitrogens with one attached hydrogen (secondary N) is 1. The molecule has 0 bridgehead atoms. The van der Waals surface area contributed by atoms with E-state index in [1.807, 2.05) is 85.1 Å². The average molecular weight is 509 g/mol. The van der Waals surface area contributed by atoms with Gasteiger partial charge in [0.2, 0.25) is 5.91 Å². The van der Waals surface area contributed by atoms with Crippen molar-refractivity contribution in [2.24, 2.45) is 0 Å². The largest absolute Gasteiger partial charge is 0.497 e. The van der Waals surface area contributed by atoms with E-state index in [0.717, 1.165) is 17.0 Å². The maximum absolute atomic E-state index is 12.6. The lowest BCUT2D eigenvalue weighted by Gasteiger charge is -2.17. The maximum Gasteiger partial charge on any atom is 0.234 e. The molecule has 0 fully saturated rings. The van der Waals surface area contributed by atoms with Gasteiger partial charge in [-0.2, -0.15) is 0 Å². The molecule has 0 saturated carbocycles. The van der Waals surface area contributed by atoms with Crippen molar-refractivity contribution >= 4 is 35.0 Å². The van der Waals surface area contributed by atoms with Crippen molar-refractivity contribution < 1.29 is 14.3 Å². The molecule has 4 rings (SSSR count). The first-order chi connectivity index (χ1) is 16.9. The smallest absolute Gasteiger partial charge is 0.234 e. The van der Waals surface area contributed by atoms with Crippen molar-refractivity contribution in [3.05, 3.63) is 89.2 Å². The van der Waals surface area contributed by atoms with Gasteiger partial charge in [-0.1, -0.05) is 47.6 Å². The maximum atomic E-state index is 12.6. The summed E-state index contributed by atoms with van der Waals surface area (Å²) >= 11 is 7.47. The molecule has 35 heavy (non-hydrogen) atoms. The summed E-state index contributed by atoms with van der Waals surface area (Å²) < 4.78 is 13.2. The van der Waals surface area contributed by atoms with E-state index in [1.54, 1.807) is 13.2 Å². The summed E-state index contributed by atoms with van der Waals surface area (Å²) in [6.45, 7) is 3.83. The fraction of sp³-hybridized carbons (Fsp3) is 0.192. The molecule has 3 aromatic carbocycles. The van der Waals surface area contributed by atoms with Crippen LogP contribution in [0.1, 0.15) is 24.4 Å². The number of aromatic nitrogens is 3. The van der Waals surface area contributed by atoms with Crippen LogP contribution in [0.15, 0.2) is 78.0 Å². The molecule has 0 aliphatic heterocycles. The van der Waals surface area contributed by atoms with Gasteiger partial charge < -0.3 is 14.8 Å². The summed E-state index contributed by atoms with van der Waals surface area (Å²) in [5.74, 6) is 2.06. The molecule has 1 heterocycles. The van der Waals surface area contributed by atoms with Crippen LogP contribution in [0.25, 0.3) is 5.69 Å².